The van der Waals surface area contributed by atoms with Crippen LogP contribution >= 0.6 is 0 Å². The van der Waals surface area contributed by atoms with Gasteiger partial charge in [0.25, 0.3) is 0 Å². The molecule has 0 atom stereocenters. The van der Waals surface area contributed by atoms with Crippen LogP contribution in [0.15, 0.2) is 36.5 Å². The smallest absolute Gasteiger partial charge is 0.222 e. The number of benzene rings is 1. The lowest BCUT2D eigenvalue weighted by atomic mass is 10.2. The summed E-state index contributed by atoms with van der Waals surface area (Å²) in [6, 6.07) is 9.94. The van der Waals surface area contributed by atoms with Gasteiger partial charge in [-0.05, 0) is 5.56 Å². The van der Waals surface area contributed by atoms with Crippen molar-refractivity contribution in [1.82, 2.24) is 15.0 Å². The van der Waals surface area contributed by atoms with Gasteiger partial charge in [0, 0.05) is 6.92 Å². The predicted octanol–water partition coefficient (Wildman–Crippen LogP) is 1.28. The molecular formula is C11H12N4O. The molecule has 1 aromatic carbocycles. The molecule has 1 aromatic heterocycles. The Bertz CT molecular complexity index is 478. The molecule has 0 aliphatic heterocycles. The first-order valence-corrected chi connectivity index (χ1v) is 4.96. The molecule has 0 unspecified atom stereocenters. The summed E-state index contributed by atoms with van der Waals surface area (Å²) in [5, 5.41) is 10.3. The Morgan fingerprint density at radius 2 is 2.12 bits per heavy atom. The van der Waals surface area contributed by atoms with Crippen molar-refractivity contribution in [2.75, 3.05) is 5.32 Å². The Hall–Kier alpha value is -2.17. The summed E-state index contributed by atoms with van der Waals surface area (Å²) in [6.07, 6.45) is 1.70. The monoisotopic (exact) mass is 216 g/mol. The third-order valence-electron chi connectivity index (χ3n) is 2.03. The van der Waals surface area contributed by atoms with E-state index in [1.807, 2.05) is 30.3 Å². The minimum absolute atomic E-state index is 0.147. The van der Waals surface area contributed by atoms with Crippen LogP contribution in [-0.2, 0) is 11.3 Å². The first kappa shape index (κ1) is 10.4. The van der Waals surface area contributed by atoms with Crippen LogP contribution in [0.25, 0.3) is 0 Å². The molecule has 2 aromatic rings. The van der Waals surface area contributed by atoms with E-state index in [4.69, 9.17) is 0 Å². The van der Waals surface area contributed by atoms with Gasteiger partial charge in [0.15, 0.2) is 5.82 Å². The molecule has 0 spiro atoms. The van der Waals surface area contributed by atoms with Gasteiger partial charge in [0.2, 0.25) is 5.91 Å². The van der Waals surface area contributed by atoms with Crippen LogP contribution < -0.4 is 5.32 Å². The van der Waals surface area contributed by atoms with E-state index in [1.54, 1.807) is 10.9 Å². The zero-order chi connectivity index (χ0) is 11.4. The van der Waals surface area contributed by atoms with Gasteiger partial charge < -0.3 is 5.32 Å². The normalized spacial score (nSPS) is 10.1. The van der Waals surface area contributed by atoms with Gasteiger partial charge in [-0.2, -0.15) is 0 Å². The van der Waals surface area contributed by atoms with Crippen LogP contribution in [0.2, 0.25) is 0 Å². The minimum atomic E-state index is -0.147. The molecule has 0 aliphatic carbocycles. The second kappa shape index (κ2) is 4.57. The summed E-state index contributed by atoms with van der Waals surface area (Å²) in [4.78, 5) is 10.8. The fourth-order valence-electron chi connectivity index (χ4n) is 1.38. The Labute approximate surface area is 93.1 Å². The first-order valence-electron chi connectivity index (χ1n) is 4.96. The van der Waals surface area contributed by atoms with Crippen molar-refractivity contribution in [3.05, 3.63) is 42.1 Å². The van der Waals surface area contributed by atoms with Crippen molar-refractivity contribution in [1.29, 1.82) is 0 Å². The Balaban J connectivity index is 2.06. The molecule has 0 radical (unpaired) electrons. The molecule has 0 saturated carbocycles. The van der Waals surface area contributed by atoms with E-state index in [-0.39, 0.29) is 5.91 Å². The van der Waals surface area contributed by atoms with E-state index in [1.165, 1.54) is 6.92 Å². The molecule has 16 heavy (non-hydrogen) atoms. The lowest BCUT2D eigenvalue weighted by molar-refractivity contribution is -0.114. The maximum Gasteiger partial charge on any atom is 0.222 e. The molecule has 2 rings (SSSR count). The van der Waals surface area contributed by atoms with Crippen LogP contribution in [0.3, 0.4) is 0 Å². The van der Waals surface area contributed by atoms with Crippen molar-refractivity contribution in [2.24, 2.45) is 0 Å². The highest BCUT2D eigenvalue weighted by Gasteiger charge is 2.02. The summed E-state index contributed by atoms with van der Waals surface area (Å²) < 4.78 is 1.68. The maximum absolute atomic E-state index is 10.8. The zero-order valence-corrected chi connectivity index (χ0v) is 8.92. The molecule has 1 amide bonds. The minimum Gasteiger partial charge on any atom is -0.308 e. The van der Waals surface area contributed by atoms with Crippen LogP contribution in [0, 0.1) is 0 Å². The molecule has 1 N–H and O–H groups in total. The maximum atomic E-state index is 10.8. The van der Waals surface area contributed by atoms with Gasteiger partial charge >= 0.3 is 0 Å². The van der Waals surface area contributed by atoms with Gasteiger partial charge in [-0.15, -0.1) is 5.10 Å². The average molecular weight is 216 g/mol. The van der Waals surface area contributed by atoms with Gasteiger partial charge in [-0.1, -0.05) is 35.5 Å². The SMILES string of the molecule is CC(=O)Nc1cn(Cc2ccccc2)nn1. The van der Waals surface area contributed by atoms with E-state index in [0.717, 1.165) is 5.56 Å². The highest BCUT2D eigenvalue weighted by molar-refractivity contribution is 5.87. The first-order chi connectivity index (χ1) is 7.74. The van der Waals surface area contributed by atoms with Crippen LogP contribution in [-0.4, -0.2) is 20.9 Å². The standard InChI is InChI=1S/C11H12N4O/c1-9(16)12-11-8-15(14-13-11)7-10-5-3-2-4-6-10/h2-6,8H,7H2,1H3,(H,12,16). The second-order valence-corrected chi connectivity index (χ2v) is 3.47. The lowest BCUT2D eigenvalue weighted by Crippen LogP contribution is -2.05. The number of hydrogen-bond donors (Lipinski definition) is 1. The third-order valence-corrected chi connectivity index (χ3v) is 2.03. The molecule has 0 fully saturated rings. The Morgan fingerprint density at radius 1 is 1.38 bits per heavy atom. The lowest BCUT2D eigenvalue weighted by Gasteiger charge is -1.99. The van der Waals surface area contributed by atoms with Crippen LogP contribution in [0.4, 0.5) is 5.82 Å². The van der Waals surface area contributed by atoms with Crippen molar-refractivity contribution in [2.45, 2.75) is 13.5 Å². The summed E-state index contributed by atoms with van der Waals surface area (Å²) in [7, 11) is 0. The highest BCUT2D eigenvalue weighted by atomic mass is 16.1. The summed E-state index contributed by atoms with van der Waals surface area (Å²) in [5.41, 5.74) is 1.14. The van der Waals surface area contributed by atoms with Gasteiger partial charge in [0.1, 0.15) is 0 Å². The summed E-state index contributed by atoms with van der Waals surface area (Å²) >= 11 is 0. The van der Waals surface area contributed by atoms with Gasteiger partial charge in [0.05, 0.1) is 12.7 Å². The number of aromatic nitrogens is 3. The van der Waals surface area contributed by atoms with Crippen molar-refractivity contribution in [3.63, 3.8) is 0 Å². The Morgan fingerprint density at radius 3 is 2.81 bits per heavy atom. The highest BCUT2D eigenvalue weighted by Crippen LogP contribution is 2.04. The van der Waals surface area contributed by atoms with E-state index in [2.05, 4.69) is 15.6 Å². The Kier molecular flexibility index (Phi) is 2.95. The van der Waals surface area contributed by atoms with Crippen LogP contribution in [0.5, 0.6) is 0 Å². The number of carbonyl (C=O) groups excluding carboxylic acids is 1. The number of nitrogens with zero attached hydrogens (tertiary/aromatic N) is 3. The second-order valence-electron chi connectivity index (χ2n) is 3.47. The van der Waals surface area contributed by atoms with Crippen LogP contribution in [0.1, 0.15) is 12.5 Å². The number of anilines is 1. The van der Waals surface area contributed by atoms with E-state index < -0.39 is 0 Å². The topological polar surface area (TPSA) is 59.8 Å². The number of hydrogen-bond acceptors (Lipinski definition) is 3. The molecular weight excluding hydrogens is 204 g/mol. The fraction of sp³-hybridized carbons (Fsp3) is 0.182. The van der Waals surface area contributed by atoms with E-state index in [9.17, 15) is 4.79 Å². The molecule has 0 aliphatic rings. The molecule has 82 valence electrons. The molecule has 0 bridgehead atoms. The molecule has 1 heterocycles. The summed E-state index contributed by atoms with van der Waals surface area (Å²) in [5.74, 6) is 0.329. The fourth-order valence-corrected chi connectivity index (χ4v) is 1.38. The molecule has 5 nitrogen and oxygen atoms in total. The number of rotatable bonds is 3. The molecule has 5 heteroatoms. The predicted molar refractivity (Wildman–Crippen MR) is 59.9 cm³/mol. The van der Waals surface area contributed by atoms with E-state index in [0.29, 0.717) is 12.4 Å². The third kappa shape index (κ3) is 2.66. The zero-order valence-electron chi connectivity index (χ0n) is 8.92. The quantitative estimate of drug-likeness (QED) is 0.840. The van der Waals surface area contributed by atoms with Gasteiger partial charge in [-0.25, -0.2) is 4.68 Å². The summed E-state index contributed by atoms with van der Waals surface area (Å²) in [6.45, 7) is 2.09. The van der Waals surface area contributed by atoms with Crippen molar-refractivity contribution >= 4 is 11.7 Å². The van der Waals surface area contributed by atoms with Crippen molar-refractivity contribution < 1.29 is 4.79 Å². The average Bonchev–Trinajstić information content (AvgIpc) is 2.66. The van der Waals surface area contributed by atoms with Gasteiger partial charge in [-0.3, -0.25) is 4.79 Å². The largest absolute Gasteiger partial charge is 0.308 e. The molecule has 0 saturated heterocycles. The van der Waals surface area contributed by atoms with Crippen molar-refractivity contribution in [3.8, 4) is 0 Å². The number of amides is 1. The number of carbonyl (C=O) groups is 1. The number of nitrogens with one attached hydrogen (secondary N) is 1. The van der Waals surface area contributed by atoms with E-state index >= 15 is 0 Å².